The third-order valence-electron chi connectivity index (χ3n) is 1.51. The van der Waals surface area contributed by atoms with Crippen LogP contribution in [0.5, 0.6) is 5.75 Å². The molecule has 0 aliphatic heterocycles. The van der Waals surface area contributed by atoms with Crippen molar-refractivity contribution in [3.05, 3.63) is 34.4 Å². The van der Waals surface area contributed by atoms with Gasteiger partial charge < -0.3 is 9.47 Å². The van der Waals surface area contributed by atoms with Crippen molar-refractivity contribution in [2.24, 2.45) is 0 Å². The Kier molecular flexibility index (Phi) is 4.47. The van der Waals surface area contributed by atoms with E-state index in [1.165, 1.54) is 24.3 Å². The minimum absolute atomic E-state index is 0.0667. The van der Waals surface area contributed by atoms with Crippen LogP contribution in [0.25, 0.3) is 0 Å². The molecule has 0 aliphatic rings. The Morgan fingerprint density at radius 3 is 2.44 bits per heavy atom. The highest BCUT2D eigenvalue weighted by molar-refractivity contribution is 14.1. The topological polar surface area (TPSA) is 78.7 Å². The molecule has 86 valence electrons. The van der Waals surface area contributed by atoms with Gasteiger partial charge in [0.15, 0.2) is 4.11 Å². The van der Waals surface area contributed by atoms with Crippen LogP contribution in [0.3, 0.4) is 0 Å². The lowest BCUT2D eigenvalue weighted by atomic mass is 10.3. The summed E-state index contributed by atoms with van der Waals surface area (Å²) < 4.78 is 9.19. The first kappa shape index (κ1) is 12.7. The smallest absolute Gasteiger partial charge is 0.420 e. The molecule has 0 aromatic heterocycles. The predicted octanol–water partition coefficient (Wildman–Crippen LogP) is 2.89. The Bertz CT molecular complexity index is 389. The number of carbonyl (C=O) groups is 1. The van der Waals surface area contributed by atoms with E-state index < -0.39 is 11.1 Å². The molecule has 0 N–H and O–H groups in total. The number of non-ortho nitro benzene ring substituents is 1. The van der Waals surface area contributed by atoms with Crippen molar-refractivity contribution in [3.8, 4) is 5.75 Å². The van der Waals surface area contributed by atoms with Crippen molar-refractivity contribution in [3.63, 3.8) is 0 Å². The molecule has 0 radical (unpaired) electrons. The van der Waals surface area contributed by atoms with E-state index in [4.69, 9.17) is 9.47 Å². The van der Waals surface area contributed by atoms with E-state index in [9.17, 15) is 14.9 Å². The van der Waals surface area contributed by atoms with Crippen LogP contribution in [0.2, 0.25) is 0 Å². The Hall–Kier alpha value is -1.38. The first-order chi connectivity index (χ1) is 7.49. The van der Waals surface area contributed by atoms with Crippen LogP contribution in [-0.4, -0.2) is 15.2 Å². The van der Waals surface area contributed by atoms with Gasteiger partial charge in [-0.25, -0.2) is 4.79 Å². The summed E-state index contributed by atoms with van der Waals surface area (Å²) in [7, 11) is 0. The summed E-state index contributed by atoms with van der Waals surface area (Å²) >= 11 is 1.90. The monoisotopic (exact) mass is 337 g/mol. The molecule has 1 rings (SSSR count). The van der Waals surface area contributed by atoms with Crippen molar-refractivity contribution in [2.45, 2.75) is 11.0 Å². The van der Waals surface area contributed by atoms with Crippen molar-refractivity contribution in [2.75, 3.05) is 0 Å². The van der Waals surface area contributed by atoms with Gasteiger partial charge in [0, 0.05) is 12.1 Å². The van der Waals surface area contributed by atoms with E-state index >= 15 is 0 Å². The number of ether oxygens (including phenoxy) is 2. The number of rotatable bonds is 3. The average Bonchev–Trinajstić information content (AvgIpc) is 2.16. The molecule has 0 unspecified atom stereocenters. The van der Waals surface area contributed by atoms with Crippen molar-refractivity contribution < 1.29 is 19.2 Å². The molecule has 16 heavy (non-hydrogen) atoms. The Morgan fingerprint density at radius 1 is 1.44 bits per heavy atom. The fraction of sp³-hybridized carbons (Fsp3) is 0.222. The van der Waals surface area contributed by atoms with E-state index in [-0.39, 0.29) is 15.5 Å². The van der Waals surface area contributed by atoms with Gasteiger partial charge in [-0.05, 0) is 41.6 Å². The summed E-state index contributed by atoms with van der Waals surface area (Å²) in [6, 6.07) is 5.15. The zero-order valence-electron chi connectivity index (χ0n) is 8.25. The first-order valence-electron chi connectivity index (χ1n) is 4.26. The van der Waals surface area contributed by atoms with E-state index in [1.807, 2.05) is 22.6 Å². The lowest BCUT2D eigenvalue weighted by Gasteiger charge is -2.06. The quantitative estimate of drug-likeness (QED) is 0.212. The summed E-state index contributed by atoms with van der Waals surface area (Å²) in [5, 5.41) is 10.4. The molecule has 6 nitrogen and oxygen atoms in total. The number of hydrogen-bond acceptors (Lipinski definition) is 5. The number of nitro benzene ring substituents is 1. The number of nitrogens with zero attached hydrogens (tertiary/aromatic N) is 1. The van der Waals surface area contributed by atoms with Crippen LogP contribution in [0.1, 0.15) is 6.92 Å². The minimum Gasteiger partial charge on any atom is -0.420 e. The van der Waals surface area contributed by atoms with Gasteiger partial charge in [-0.2, -0.15) is 0 Å². The lowest BCUT2D eigenvalue weighted by molar-refractivity contribution is -0.384. The summed E-state index contributed by atoms with van der Waals surface area (Å²) in [6.07, 6.45) is -0.837. The van der Waals surface area contributed by atoms with Crippen LogP contribution < -0.4 is 4.74 Å². The first-order valence-corrected chi connectivity index (χ1v) is 5.50. The molecule has 0 saturated carbocycles. The van der Waals surface area contributed by atoms with Crippen LogP contribution >= 0.6 is 22.6 Å². The predicted molar refractivity (Wildman–Crippen MR) is 63.7 cm³/mol. The SMILES string of the molecule is C[C@H](I)OC(=O)Oc1ccc([N+](=O)[O-])cc1. The zero-order valence-corrected chi connectivity index (χ0v) is 10.4. The van der Waals surface area contributed by atoms with E-state index in [0.717, 1.165) is 0 Å². The molecule has 0 spiro atoms. The van der Waals surface area contributed by atoms with Gasteiger partial charge >= 0.3 is 6.16 Å². The van der Waals surface area contributed by atoms with Crippen LogP contribution in [-0.2, 0) is 4.74 Å². The molecule has 0 bridgehead atoms. The van der Waals surface area contributed by atoms with E-state index in [0.29, 0.717) is 0 Å². The fourth-order valence-electron chi connectivity index (χ4n) is 0.889. The largest absolute Gasteiger partial charge is 0.514 e. The van der Waals surface area contributed by atoms with Gasteiger partial charge in [-0.3, -0.25) is 10.1 Å². The Labute approximate surface area is 105 Å². The second-order valence-corrected chi connectivity index (χ2v) is 4.52. The van der Waals surface area contributed by atoms with Gasteiger partial charge in [0.05, 0.1) is 4.92 Å². The molecular weight excluding hydrogens is 329 g/mol. The summed E-state index contributed by atoms with van der Waals surface area (Å²) in [6.45, 7) is 1.68. The lowest BCUT2D eigenvalue weighted by Crippen LogP contribution is -2.13. The molecule has 0 aliphatic carbocycles. The third kappa shape index (κ3) is 4.01. The van der Waals surface area contributed by atoms with Crippen LogP contribution in [0.15, 0.2) is 24.3 Å². The van der Waals surface area contributed by atoms with Crippen molar-refractivity contribution in [1.29, 1.82) is 0 Å². The van der Waals surface area contributed by atoms with E-state index in [2.05, 4.69) is 0 Å². The van der Waals surface area contributed by atoms with Gasteiger partial charge in [0.25, 0.3) is 5.69 Å². The molecule has 0 fully saturated rings. The van der Waals surface area contributed by atoms with Crippen LogP contribution in [0.4, 0.5) is 10.5 Å². The van der Waals surface area contributed by atoms with E-state index in [1.54, 1.807) is 6.92 Å². The zero-order chi connectivity index (χ0) is 12.1. The molecule has 0 heterocycles. The molecule has 1 atom stereocenters. The van der Waals surface area contributed by atoms with Gasteiger partial charge in [0.2, 0.25) is 0 Å². The Morgan fingerprint density at radius 2 is 2.00 bits per heavy atom. The summed E-state index contributed by atoms with van der Waals surface area (Å²) in [5.41, 5.74) is -0.0667. The molecule has 7 heteroatoms. The third-order valence-corrected chi connectivity index (χ3v) is 1.76. The molecule has 1 aromatic rings. The highest BCUT2D eigenvalue weighted by Gasteiger charge is 2.10. The maximum atomic E-state index is 11.1. The molecule has 1 aromatic carbocycles. The van der Waals surface area contributed by atoms with Gasteiger partial charge in [-0.15, -0.1) is 0 Å². The number of benzene rings is 1. The summed E-state index contributed by atoms with van der Waals surface area (Å²) in [4.78, 5) is 20.9. The second-order valence-electron chi connectivity index (χ2n) is 2.76. The van der Waals surface area contributed by atoms with Gasteiger partial charge in [0.1, 0.15) is 5.75 Å². The fourth-order valence-corrected chi connectivity index (χ4v) is 1.10. The molecular formula is C9H8INO5. The summed E-state index contributed by atoms with van der Waals surface area (Å²) in [5.74, 6) is 0.202. The highest BCUT2D eigenvalue weighted by atomic mass is 127. The maximum Gasteiger partial charge on any atom is 0.514 e. The number of halogens is 1. The second kappa shape index (κ2) is 5.64. The number of carbonyl (C=O) groups excluding carboxylic acids is 1. The highest BCUT2D eigenvalue weighted by Crippen LogP contribution is 2.18. The average molecular weight is 337 g/mol. The molecule has 0 saturated heterocycles. The Balaban J connectivity index is 2.62. The standard InChI is InChI=1S/C9H8INO5/c1-6(10)15-9(12)16-8-4-2-7(3-5-8)11(13)14/h2-6H,1H3/t6-/m1/s1. The van der Waals surface area contributed by atoms with Crippen molar-refractivity contribution >= 4 is 34.4 Å². The minimum atomic E-state index is -0.837. The molecule has 0 amide bonds. The number of nitro groups is 1. The number of alkyl halides is 1. The van der Waals surface area contributed by atoms with Crippen LogP contribution in [0, 0.1) is 10.1 Å². The maximum absolute atomic E-state index is 11.1. The number of hydrogen-bond donors (Lipinski definition) is 0. The normalized spacial score (nSPS) is 11.6. The van der Waals surface area contributed by atoms with Gasteiger partial charge in [-0.1, -0.05) is 0 Å². The van der Waals surface area contributed by atoms with Crippen molar-refractivity contribution in [1.82, 2.24) is 0 Å².